The van der Waals surface area contributed by atoms with Crippen LogP contribution in [0.1, 0.15) is 41.4 Å². The summed E-state index contributed by atoms with van der Waals surface area (Å²) in [6.45, 7) is 2.24. The lowest BCUT2D eigenvalue weighted by Crippen LogP contribution is -2.29. The molecule has 0 radical (unpaired) electrons. The highest BCUT2D eigenvalue weighted by molar-refractivity contribution is 7.80. The molecule has 0 fully saturated rings. The fourth-order valence-corrected chi connectivity index (χ4v) is 3.57. The molecule has 0 saturated heterocycles. The van der Waals surface area contributed by atoms with E-state index in [9.17, 15) is 14.9 Å². The number of nitrogen functional groups attached to an aromatic ring is 1. The molecular formula is C24H27ClN8O2S. The molecule has 0 aliphatic rings. The summed E-state index contributed by atoms with van der Waals surface area (Å²) in [7, 11) is 0. The summed E-state index contributed by atoms with van der Waals surface area (Å²) in [5, 5.41) is 14.4. The molecule has 0 bridgehead atoms. The van der Waals surface area contributed by atoms with Crippen molar-refractivity contribution >= 4 is 48.4 Å². The van der Waals surface area contributed by atoms with Gasteiger partial charge >= 0.3 is 0 Å². The van der Waals surface area contributed by atoms with Crippen molar-refractivity contribution in [1.82, 2.24) is 20.3 Å². The summed E-state index contributed by atoms with van der Waals surface area (Å²) in [6.07, 6.45) is 0.736. The van der Waals surface area contributed by atoms with Crippen LogP contribution < -0.4 is 22.1 Å². The van der Waals surface area contributed by atoms with Crippen LogP contribution in [0.2, 0.25) is 0 Å². The van der Waals surface area contributed by atoms with Gasteiger partial charge in [-0.25, -0.2) is 9.97 Å². The molecule has 0 aliphatic heterocycles. The van der Waals surface area contributed by atoms with Gasteiger partial charge in [0.1, 0.15) is 28.5 Å². The summed E-state index contributed by atoms with van der Waals surface area (Å²) >= 11 is 4.67. The normalized spacial score (nSPS) is 11.1. The number of anilines is 2. The number of carbonyl (C=O) groups is 2. The van der Waals surface area contributed by atoms with Gasteiger partial charge in [-0.3, -0.25) is 14.6 Å². The second-order valence-corrected chi connectivity index (χ2v) is 8.17. The minimum Gasteiger partial charge on any atom is -0.382 e. The van der Waals surface area contributed by atoms with Gasteiger partial charge in [0.25, 0.3) is 0 Å². The molecule has 0 saturated carbocycles. The van der Waals surface area contributed by atoms with Crippen LogP contribution in [0, 0.1) is 11.3 Å². The maximum Gasteiger partial charge on any atom is 0.221 e. The van der Waals surface area contributed by atoms with Crippen LogP contribution in [0.15, 0.2) is 42.5 Å². The van der Waals surface area contributed by atoms with Crippen LogP contribution in [-0.2, 0) is 16.0 Å². The Morgan fingerprint density at radius 2 is 1.86 bits per heavy atom. The molecule has 2 amide bonds. The first-order valence-electron chi connectivity index (χ1n) is 10.9. The molecule has 1 unspecified atom stereocenters. The van der Waals surface area contributed by atoms with Crippen molar-refractivity contribution in [3.05, 3.63) is 65.2 Å². The van der Waals surface area contributed by atoms with Gasteiger partial charge in [0, 0.05) is 43.4 Å². The summed E-state index contributed by atoms with van der Waals surface area (Å²) in [5.41, 5.74) is 14.6. The molecule has 36 heavy (non-hydrogen) atoms. The van der Waals surface area contributed by atoms with E-state index in [2.05, 4.69) is 44.3 Å². The highest BCUT2D eigenvalue weighted by atomic mass is 35.5. The van der Waals surface area contributed by atoms with E-state index in [4.69, 9.17) is 11.5 Å². The van der Waals surface area contributed by atoms with Crippen LogP contribution in [0.3, 0.4) is 0 Å². The van der Waals surface area contributed by atoms with Gasteiger partial charge in [-0.2, -0.15) is 17.9 Å². The number of nitrogens with zero attached hydrogens (tertiary/aromatic N) is 4. The number of thiol groups is 1. The first-order chi connectivity index (χ1) is 16.8. The fourth-order valence-electron chi connectivity index (χ4n) is 3.32. The zero-order valence-corrected chi connectivity index (χ0v) is 21.3. The monoisotopic (exact) mass is 526 g/mol. The third-order valence-corrected chi connectivity index (χ3v) is 5.47. The quantitative estimate of drug-likeness (QED) is 0.264. The van der Waals surface area contributed by atoms with Gasteiger partial charge in [0.15, 0.2) is 0 Å². The number of pyridine rings is 1. The van der Waals surface area contributed by atoms with E-state index in [0.717, 1.165) is 5.69 Å². The molecule has 0 spiro atoms. The molecule has 0 aliphatic carbocycles. The predicted octanol–water partition coefficient (Wildman–Crippen LogP) is 2.40. The van der Waals surface area contributed by atoms with Crippen molar-refractivity contribution in [1.29, 1.82) is 5.26 Å². The van der Waals surface area contributed by atoms with Gasteiger partial charge < -0.3 is 22.1 Å². The number of halogens is 1. The van der Waals surface area contributed by atoms with Gasteiger partial charge in [-0.1, -0.05) is 18.2 Å². The molecule has 12 heteroatoms. The number of hydrogen-bond donors (Lipinski definition) is 5. The number of aromatic nitrogens is 3. The molecule has 3 aromatic rings. The first-order valence-corrected chi connectivity index (χ1v) is 11.4. The number of rotatable bonds is 9. The average Bonchev–Trinajstić information content (AvgIpc) is 2.85. The van der Waals surface area contributed by atoms with Gasteiger partial charge in [0.05, 0.1) is 11.4 Å². The number of amides is 2. The molecule has 188 valence electrons. The van der Waals surface area contributed by atoms with Gasteiger partial charge in [-0.05, 0) is 30.7 Å². The van der Waals surface area contributed by atoms with E-state index in [1.54, 1.807) is 30.3 Å². The number of nitriles is 1. The number of carbonyl (C=O) groups excluding carboxylic acids is 2. The number of aryl methyl sites for hydroxylation is 1. The lowest BCUT2D eigenvalue weighted by Gasteiger charge is -2.14. The summed E-state index contributed by atoms with van der Waals surface area (Å²) in [5.74, 6) is 0.0385. The molecule has 2 heterocycles. The largest absolute Gasteiger partial charge is 0.382 e. The number of hydrogen-bond acceptors (Lipinski definition) is 9. The molecule has 1 atom stereocenters. The van der Waals surface area contributed by atoms with Crippen LogP contribution in [0.4, 0.5) is 11.5 Å². The summed E-state index contributed by atoms with van der Waals surface area (Å²) in [6, 6.07) is 14.4. The smallest absolute Gasteiger partial charge is 0.221 e. The summed E-state index contributed by atoms with van der Waals surface area (Å²) in [4.78, 5) is 36.6. The standard InChI is InChI=1S/C24H26N8O2S.ClH/c1-14(33)29-17-7-5-15(6-8-17)21-18(13-26)23(27)32-24(31-21)22(35)19-4-2-3-16(30-19)9-10-20(34)28-12-11-25;/h2-8,22,35H,9-12,25H2,1H3,(H,28,34)(H,29,33)(H2,27,31,32);1H. The third-order valence-electron chi connectivity index (χ3n) is 4.97. The maximum absolute atomic E-state index is 11.9. The van der Waals surface area contributed by atoms with Crippen molar-refractivity contribution in [2.24, 2.45) is 5.73 Å². The van der Waals surface area contributed by atoms with Crippen LogP contribution >= 0.6 is 25.0 Å². The van der Waals surface area contributed by atoms with E-state index < -0.39 is 5.25 Å². The van der Waals surface area contributed by atoms with E-state index in [0.29, 0.717) is 42.1 Å². The molecule has 6 N–H and O–H groups in total. The Morgan fingerprint density at radius 1 is 1.14 bits per heavy atom. The van der Waals surface area contributed by atoms with E-state index in [1.807, 2.05) is 12.1 Å². The lowest BCUT2D eigenvalue weighted by atomic mass is 10.1. The second-order valence-electron chi connectivity index (χ2n) is 7.66. The number of nitrogens with two attached hydrogens (primary N) is 2. The zero-order chi connectivity index (χ0) is 25.4. The Balaban J connectivity index is 0.00000456. The Labute approximate surface area is 220 Å². The molecule has 10 nitrogen and oxygen atoms in total. The van der Waals surface area contributed by atoms with Crippen molar-refractivity contribution in [3.8, 4) is 17.3 Å². The van der Waals surface area contributed by atoms with Gasteiger partial charge in [-0.15, -0.1) is 12.4 Å². The molecule has 3 rings (SSSR count). The Hall–Kier alpha value is -3.72. The minimum absolute atomic E-state index is 0. The van der Waals surface area contributed by atoms with Gasteiger partial charge in [0.2, 0.25) is 11.8 Å². The average molecular weight is 527 g/mol. The topological polar surface area (TPSA) is 173 Å². The Kier molecular flexibility index (Phi) is 10.6. The fraction of sp³-hybridized carbons (Fsp3) is 0.250. The van der Waals surface area contributed by atoms with Crippen LogP contribution in [0.25, 0.3) is 11.3 Å². The highest BCUT2D eigenvalue weighted by Crippen LogP contribution is 2.31. The lowest BCUT2D eigenvalue weighted by molar-refractivity contribution is -0.121. The van der Waals surface area contributed by atoms with Crippen LogP contribution in [0.5, 0.6) is 0 Å². The zero-order valence-electron chi connectivity index (χ0n) is 19.6. The molecule has 2 aromatic heterocycles. The van der Waals surface area contributed by atoms with Crippen molar-refractivity contribution < 1.29 is 9.59 Å². The van der Waals surface area contributed by atoms with Crippen LogP contribution in [-0.4, -0.2) is 39.9 Å². The van der Waals surface area contributed by atoms with E-state index in [-0.39, 0.29) is 47.8 Å². The Bertz CT molecular complexity index is 1260. The minimum atomic E-state index is -0.617. The molecular weight excluding hydrogens is 500 g/mol. The van der Waals surface area contributed by atoms with Crippen molar-refractivity contribution in [3.63, 3.8) is 0 Å². The first kappa shape index (κ1) is 28.5. The number of benzene rings is 1. The van der Waals surface area contributed by atoms with Crippen molar-refractivity contribution in [2.75, 3.05) is 24.1 Å². The van der Waals surface area contributed by atoms with Crippen molar-refractivity contribution in [2.45, 2.75) is 25.0 Å². The Morgan fingerprint density at radius 3 is 2.50 bits per heavy atom. The summed E-state index contributed by atoms with van der Waals surface area (Å²) < 4.78 is 0. The highest BCUT2D eigenvalue weighted by Gasteiger charge is 2.20. The second kappa shape index (κ2) is 13.4. The third kappa shape index (κ3) is 7.39. The predicted molar refractivity (Wildman–Crippen MR) is 144 cm³/mol. The van der Waals surface area contributed by atoms with E-state index in [1.165, 1.54) is 6.92 Å². The molecule has 1 aromatic carbocycles. The SMILES string of the molecule is CC(=O)Nc1ccc(-c2nc(C(S)c3cccc(CCC(=O)NCCN)n3)nc(N)c2C#N)cc1.Cl. The maximum atomic E-state index is 11.9. The van der Waals surface area contributed by atoms with E-state index >= 15 is 0 Å². The number of nitrogens with one attached hydrogen (secondary N) is 2.